The SMILES string of the molecule is CCCN[C@@H](CC(=O)O)C(=O)O. The van der Waals surface area contributed by atoms with Gasteiger partial charge in [-0.15, -0.1) is 0 Å². The molecule has 0 fully saturated rings. The summed E-state index contributed by atoms with van der Waals surface area (Å²) in [5.74, 6) is -2.23. The number of nitrogens with one attached hydrogen (secondary N) is 1. The van der Waals surface area contributed by atoms with Gasteiger partial charge in [-0.1, -0.05) is 6.92 Å². The van der Waals surface area contributed by atoms with Crippen molar-refractivity contribution in [3.8, 4) is 0 Å². The van der Waals surface area contributed by atoms with E-state index in [9.17, 15) is 9.59 Å². The Morgan fingerprint density at radius 1 is 1.42 bits per heavy atom. The number of carbonyl (C=O) groups is 2. The molecule has 0 saturated heterocycles. The van der Waals surface area contributed by atoms with Crippen LogP contribution in [0.5, 0.6) is 0 Å². The van der Waals surface area contributed by atoms with Crippen LogP contribution in [0, 0.1) is 0 Å². The van der Waals surface area contributed by atoms with Gasteiger partial charge >= 0.3 is 11.9 Å². The van der Waals surface area contributed by atoms with Crippen LogP contribution in [0.25, 0.3) is 0 Å². The van der Waals surface area contributed by atoms with Crippen LogP contribution in [0.1, 0.15) is 19.8 Å². The van der Waals surface area contributed by atoms with E-state index in [1.807, 2.05) is 6.92 Å². The molecule has 0 unspecified atom stereocenters. The highest BCUT2D eigenvalue weighted by molar-refractivity contribution is 5.80. The highest BCUT2D eigenvalue weighted by atomic mass is 16.4. The van der Waals surface area contributed by atoms with E-state index in [0.29, 0.717) is 6.54 Å². The molecule has 3 N–H and O–H groups in total. The fourth-order valence-corrected chi connectivity index (χ4v) is 0.740. The average molecular weight is 175 g/mol. The topological polar surface area (TPSA) is 86.6 Å². The minimum Gasteiger partial charge on any atom is -0.481 e. The summed E-state index contributed by atoms with van der Waals surface area (Å²) in [5, 5.41) is 19.5. The van der Waals surface area contributed by atoms with Crippen molar-refractivity contribution in [3.63, 3.8) is 0 Å². The summed E-state index contributed by atoms with van der Waals surface area (Å²) in [6, 6.07) is -0.970. The first-order chi connectivity index (χ1) is 5.57. The van der Waals surface area contributed by atoms with Crippen molar-refractivity contribution in [1.29, 1.82) is 0 Å². The second-order valence-electron chi connectivity index (χ2n) is 2.44. The van der Waals surface area contributed by atoms with Crippen LogP contribution < -0.4 is 5.32 Å². The number of carboxylic acids is 2. The first kappa shape index (κ1) is 10.9. The van der Waals surface area contributed by atoms with Crippen LogP contribution in [0.2, 0.25) is 0 Å². The second kappa shape index (κ2) is 5.54. The standard InChI is InChI=1S/C7H13NO4/c1-2-3-8-5(7(11)12)4-6(9)10/h5,8H,2-4H2,1H3,(H,9,10)(H,11,12)/t5-/m0/s1. The maximum Gasteiger partial charge on any atom is 0.321 e. The summed E-state index contributed by atoms with van der Waals surface area (Å²) in [6.07, 6.45) is 0.402. The zero-order valence-electron chi connectivity index (χ0n) is 6.91. The molecular formula is C7H13NO4. The molecule has 0 aromatic heterocycles. The average Bonchev–Trinajstić information content (AvgIpc) is 1.96. The van der Waals surface area contributed by atoms with E-state index in [4.69, 9.17) is 10.2 Å². The van der Waals surface area contributed by atoms with Crippen molar-refractivity contribution >= 4 is 11.9 Å². The highest BCUT2D eigenvalue weighted by Crippen LogP contribution is 1.92. The molecule has 1 atom stereocenters. The molecule has 0 spiro atoms. The lowest BCUT2D eigenvalue weighted by Crippen LogP contribution is -2.38. The lowest BCUT2D eigenvalue weighted by atomic mass is 10.2. The number of rotatable bonds is 6. The summed E-state index contributed by atoms with van der Waals surface area (Å²) in [6.45, 7) is 2.40. The van der Waals surface area contributed by atoms with Gasteiger partial charge in [-0.2, -0.15) is 0 Å². The first-order valence-electron chi connectivity index (χ1n) is 3.76. The number of aliphatic carboxylic acids is 2. The molecular weight excluding hydrogens is 162 g/mol. The van der Waals surface area contributed by atoms with Crippen LogP contribution in [0.15, 0.2) is 0 Å². The van der Waals surface area contributed by atoms with E-state index in [-0.39, 0.29) is 6.42 Å². The molecule has 0 aliphatic heterocycles. The van der Waals surface area contributed by atoms with Crippen LogP contribution in [-0.4, -0.2) is 34.7 Å². The molecule has 12 heavy (non-hydrogen) atoms. The lowest BCUT2D eigenvalue weighted by Gasteiger charge is -2.10. The van der Waals surface area contributed by atoms with E-state index >= 15 is 0 Å². The fourth-order valence-electron chi connectivity index (χ4n) is 0.740. The van der Waals surface area contributed by atoms with Gasteiger partial charge in [-0.25, -0.2) is 0 Å². The van der Waals surface area contributed by atoms with Gasteiger partial charge < -0.3 is 15.5 Å². The van der Waals surface area contributed by atoms with Crippen LogP contribution in [0.3, 0.4) is 0 Å². The second-order valence-corrected chi connectivity index (χ2v) is 2.44. The maximum absolute atomic E-state index is 10.4. The van der Waals surface area contributed by atoms with Gasteiger partial charge in [-0.3, -0.25) is 9.59 Å². The Morgan fingerprint density at radius 3 is 2.33 bits per heavy atom. The Hall–Kier alpha value is -1.10. The fraction of sp³-hybridized carbons (Fsp3) is 0.714. The number of hydrogen-bond acceptors (Lipinski definition) is 3. The van der Waals surface area contributed by atoms with Crippen molar-refractivity contribution in [2.45, 2.75) is 25.8 Å². The van der Waals surface area contributed by atoms with E-state index in [1.165, 1.54) is 0 Å². The molecule has 0 heterocycles. The van der Waals surface area contributed by atoms with Crippen molar-refractivity contribution in [2.75, 3.05) is 6.54 Å². The zero-order valence-corrected chi connectivity index (χ0v) is 6.91. The van der Waals surface area contributed by atoms with E-state index in [2.05, 4.69) is 5.32 Å². The number of hydrogen-bond donors (Lipinski definition) is 3. The Balaban J connectivity index is 3.87. The molecule has 0 aromatic carbocycles. The van der Waals surface area contributed by atoms with Crippen molar-refractivity contribution < 1.29 is 19.8 Å². The lowest BCUT2D eigenvalue weighted by molar-refractivity contribution is -0.145. The molecule has 0 aromatic rings. The van der Waals surface area contributed by atoms with E-state index in [1.54, 1.807) is 0 Å². The first-order valence-corrected chi connectivity index (χ1v) is 3.76. The molecule has 0 saturated carbocycles. The molecule has 70 valence electrons. The molecule has 5 nitrogen and oxygen atoms in total. The van der Waals surface area contributed by atoms with Gasteiger partial charge in [0.15, 0.2) is 0 Å². The van der Waals surface area contributed by atoms with Crippen molar-refractivity contribution in [1.82, 2.24) is 5.32 Å². The Bertz CT molecular complexity index is 169. The van der Waals surface area contributed by atoms with Gasteiger partial charge in [0.1, 0.15) is 6.04 Å². The minimum atomic E-state index is -1.12. The van der Waals surface area contributed by atoms with Gasteiger partial charge in [0.05, 0.1) is 6.42 Å². The maximum atomic E-state index is 10.4. The number of carboxylic acid groups (broad SMARTS) is 2. The zero-order chi connectivity index (χ0) is 9.56. The van der Waals surface area contributed by atoms with Crippen LogP contribution >= 0.6 is 0 Å². The van der Waals surface area contributed by atoms with E-state index < -0.39 is 18.0 Å². The highest BCUT2D eigenvalue weighted by Gasteiger charge is 2.19. The molecule has 5 heteroatoms. The predicted molar refractivity (Wildman–Crippen MR) is 42.0 cm³/mol. The van der Waals surface area contributed by atoms with E-state index in [0.717, 1.165) is 6.42 Å². The monoisotopic (exact) mass is 175 g/mol. The van der Waals surface area contributed by atoms with Crippen LogP contribution in [0.4, 0.5) is 0 Å². The summed E-state index contributed by atoms with van der Waals surface area (Å²) in [5.41, 5.74) is 0. The molecule has 0 rings (SSSR count). The largest absolute Gasteiger partial charge is 0.481 e. The molecule has 0 bridgehead atoms. The summed E-state index contributed by atoms with van der Waals surface area (Å²) in [7, 11) is 0. The molecule has 0 amide bonds. The summed E-state index contributed by atoms with van der Waals surface area (Å²) < 4.78 is 0. The third-order valence-electron chi connectivity index (χ3n) is 1.32. The summed E-state index contributed by atoms with van der Waals surface area (Å²) in [4.78, 5) is 20.6. The summed E-state index contributed by atoms with van der Waals surface area (Å²) >= 11 is 0. The van der Waals surface area contributed by atoms with Gasteiger partial charge in [0, 0.05) is 0 Å². The third-order valence-corrected chi connectivity index (χ3v) is 1.32. The van der Waals surface area contributed by atoms with Gasteiger partial charge in [0.25, 0.3) is 0 Å². The third kappa shape index (κ3) is 4.68. The van der Waals surface area contributed by atoms with Gasteiger partial charge in [0.2, 0.25) is 0 Å². The minimum absolute atomic E-state index is 0.380. The van der Waals surface area contributed by atoms with Gasteiger partial charge in [-0.05, 0) is 13.0 Å². The Morgan fingerprint density at radius 2 is 2.00 bits per heavy atom. The van der Waals surface area contributed by atoms with Crippen molar-refractivity contribution in [3.05, 3.63) is 0 Å². The Labute approximate surface area is 70.4 Å². The Kier molecular flexibility index (Phi) is 5.03. The quantitative estimate of drug-likeness (QED) is 0.525. The predicted octanol–water partition coefficient (Wildman–Crippen LogP) is -0.0861. The van der Waals surface area contributed by atoms with Crippen LogP contribution in [-0.2, 0) is 9.59 Å². The molecule has 0 aliphatic rings. The normalized spacial score (nSPS) is 12.4. The molecule has 0 radical (unpaired) electrons. The van der Waals surface area contributed by atoms with Crippen molar-refractivity contribution in [2.24, 2.45) is 0 Å². The molecule has 0 aliphatic carbocycles. The smallest absolute Gasteiger partial charge is 0.321 e.